The molecule has 0 aliphatic carbocycles. The van der Waals surface area contributed by atoms with Crippen LogP contribution in [-0.2, 0) is 5.92 Å². The van der Waals surface area contributed by atoms with Crippen molar-refractivity contribution in [3.05, 3.63) is 72.8 Å². The number of aromatic nitrogens is 3. The predicted molar refractivity (Wildman–Crippen MR) is 119 cm³/mol. The van der Waals surface area contributed by atoms with E-state index in [1.807, 2.05) is 18.0 Å². The fraction of sp³-hybridized carbons (Fsp3) is 0.261. The molecule has 0 atom stereocenters. The van der Waals surface area contributed by atoms with Crippen molar-refractivity contribution in [2.75, 3.05) is 35.3 Å². The Kier molecular flexibility index (Phi) is 5.73. The van der Waals surface area contributed by atoms with Gasteiger partial charge in [0.1, 0.15) is 11.5 Å². The number of nitrogens with one attached hydrogen (secondary N) is 1. The molecule has 6 nitrogen and oxygen atoms in total. The second-order valence-electron chi connectivity index (χ2n) is 7.71. The molecule has 3 aromatic rings. The van der Waals surface area contributed by atoms with Crippen LogP contribution >= 0.6 is 0 Å². The van der Waals surface area contributed by atoms with Crippen molar-refractivity contribution in [1.82, 2.24) is 15.0 Å². The third-order valence-corrected chi connectivity index (χ3v) is 5.28. The maximum absolute atomic E-state index is 14.1. The number of pyridine rings is 3. The van der Waals surface area contributed by atoms with Gasteiger partial charge in [0.2, 0.25) is 0 Å². The lowest BCUT2D eigenvalue weighted by molar-refractivity contribution is 0.0128. The first kappa shape index (κ1) is 21.6. The number of alkyl halides is 2. The van der Waals surface area contributed by atoms with Gasteiger partial charge in [0.05, 0.1) is 23.3 Å². The zero-order chi connectivity index (χ0) is 22.9. The summed E-state index contributed by atoms with van der Waals surface area (Å²) < 4.78 is 41.7. The number of nitrogens with zero attached hydrogens (tertiary/aromatic N) is 5. The average Bonchev–Trinajstić information content (AvgIpc) is 2.93. The van der Waals surface area contributed by atoms with Gasteiger partial charge in [-0.15, -0.1) is 0 Å². The molecule has 0 unspecified atom stereocenters. The largest absolute Gasteiger partial charge is 0.372 e. The highest BCUT2D eigenvalue weighted by atomic mass is 19.3. The second kappa shape index (κ2) is 8.49. The molecule has 0 spiro atoms. The van der Waals surface area contributed by atoms with E-state index in [-0.39, 0.29) is 11.4 Å². The zero-order valence-corrected chi connectivity index (χ0v) is 17.8. The molecular weight excluding hydrogens is 417 g/mol. The number of hydrogen-bond acceptors (Lipinski definition) is 6. The van der Waals surface area contributed by atoms with E-state index in [2.05, 4.69) is 26.8 Å². The van der Waals surface area contributed by atoms with E-state index in [0.29, 0.717) is 29.4 Å². The molecule has 0 saturated carbocycles. The molecule has 1 N–H and O–H groups in total. The molecule has 9 heteroatoms. The van der Waals surface area contributed by atoms with Gasteiger partial charge in [0, 0.05) is 45.0 Å². The Labute approximate surface area is 184 Å². The lowest BCUT2D eigenvalue weighted by Gasteiger charge is -2.27. The molecule has 0 fully saturated rings. The molecule has 0 saturated heterocycles. The summed E-state index contributed by atoms with van der Waals surface area (Å²) in [6.07, 6.45) is 4.79. The highest BCUT2D eigenvalue weighted by Gasteiger charge is 2.27. The van der Waals surface area contributed by atoms with Crippen LogP contribution in [0.25, 0.3) is 11.3 Å². The van der Waals surface area contributed by atoms with E-state index >= 15 is 0 Å². The maximum atomic E-state index is 14.1. The molecule has 0 aromatic carbocycles. The van der Waals surface area contributed by atoms with E-state index in [1.165, 1.54) is 24.5 Å². The van der Waals surface area contributed by atoms with Crippen molar-refractivity contribution in [1.29, 1.82) is 0 Å². The minimum absolute atomic E-state index is 0.254. The summed E-state index contributed by atoms with van der Waals surface area (Å²) in [6.45, 7) is 6.30. The molecule has 0 radical (unpaired) electrons. The molecule has 4 rings (SSSR count). The molecule has 0 bridgehead atoms. The molecule has 1 aliphatic heterocycles. The van der Waals surface area contributed by atoms with Crippen LogP contribution in [0.3, 0.4) is 0 Å². The van der Waals surface area contributed by atoms with Crippen LogP contribution in [0.1, 0.15) is 19.0 Å². The number of fused-ring (bicyclic) bond motifs is 1. The summed E-state index contributed by atoms with van der Waals surface area (Å²) in [5.41, 5.74) is 1.86. The summed E-state index contributed by atoms with van der Waals surface area (Å²) in [5.74, 6) is -2.49. The van der Waals surface area contributed by atoms with Crippen molar-refractivity contribution in [3.63, 3.8) is 0 Å². The smallest absolute Gasteiger partial charge is 0.286 e. The van der Waals surface area contributed by atoms with Crippen molar-refractivity contribution in [2.45, 2.75) is 19.3 Å². The predicted octanol–water partition coefficient (Wildman–Crippen LogP) is 5.02. The zero-order valence-electron chi connectivity index (χ0n) is 17.8. The van der Waals surface area contributed by atoms with Gasteiger partial charge in [-0.1, -0.05) is 6.58 Å². The van der Waals surface area contributed by atoms with Gasteiger partial charge >= 0.3 is 0 Å². The summed E-state index contributed by atoms with van der Waals surface area (Å²) in [4.78, 5) is 16.3. The number of anilines is 3. The van der Waals surface area contributed by atoms with E-state index in [4.69, 9.17) is 4.98 Å². The Bertz CT molecular complexity index is 1140. The van der Waals surface area contributed by atoms with Crippen molar-refractivity contribution >= 4 is 17.2 Å². The third-order valence-electron chi connectivity index (χ3n) is 5.28. The second-order valence-corrected chi connectivity index (χ2v) is 7.71. The van der Waals surface area contributed by atoms with Gasteiger partial charge in [-0.05, 0) is 36.8 Å². The van der Waals surface area contributed by atoms with Gasteiger partial charge in [-0.3, -0.25) is 9.97 Å². The highest BCUT2D eigenvalue weighted by molar-refractivity contribution is 5.75. The van der Waals surface area contributed by atoms with Gasteiger partial charge in [-0.2, -0.15) is 8.78 Å². The first-order valence-electron chi connectivity index (χ1n) is 10.1. The standard InChI is InChI=1S/C23H23F3N6/c1-15(29-19-8-9-27-14-17(19)24)32-12-4-11-31(3)20-6-5-18(30-22(20)32)16-7-10-28-21(13-16)23(2,25)26/h5-10,13-14H,1,4,11-12H2,2-3H3,(H,27,29). The minimum Gasteiger partial charge on any atom is -0.372 e. The summed E-state index contributed by atoms with van der Waals surface area (Å²) >= 11 is 0. The van der Waals surface area contributed by atoms with E-state index in [1.54, 1.807) is 12.1 Å². The van der Waals surface area contributed by atoms with Crippen LogP contribution in [0.2, 0.25) is 0 Å². The molecule has 0 amide bonds. The van der Waals surface area contributed by atoms with E-state index < -0.39 is 11.7 Å². The van der Waals surface area contributed by atoms with Gasteiger partial charge in [0.15, 0.2) is 11.6 Å². The third kappa shape index (κ3) is 4.37. The Balaban J connectivity index is 1.73. The van der Waals surface area contributed by atoms with Crippen LogP contribution in [0.4, 0.5) is 30.4 Å². The van der Waals surface area contributed by atoms with Gasteiger partial charge in [0.25, 0.3) is 5.92 Å². The SMILES string of the molecule is C=C(Nc1ccncc1F)N1CCCN(C)c2ccc(-c3ccnc(C(C)(F)F)c3)nc21. The Morgan fingerprint density at radius 3 is 2.72 bits per heavy atom. The number of halogens is 3. The van der Waals surface area contributed by atoms with Crippen LogP contribution in [0, 0.1) is 5.82 Å². The van der Waals surface area contributed by atoms with Crippen LogP contribution in [0.15, 0.2) is 61.3 Å². The monoisotopic (exact) mass is 440 g/mol. The van der Waals surface area contributed by atoms with Crippen LogP contribution in [-0.4, -0.2) is 35.1 Å². The molecule has 3 aromatic heterocycles. The summed E-state index contributed by atoms with van der Waals surface area (Å²) in [5, 5.41) is 3.00. The maximum Gasteiger partial charge on any atom is 0.286 e. The number of hydrogen-bond donors (Lipinski definition) is 1. The summed E-state index contributed by atoms with van der Waals surface area (Å²) in [6, 6.07) is 8.22. The van der Waals surface area contributed by atoms with Crippen molar-refractivity contribution < 1.29 is 13.2 Å². The molecule has 166 valence electrons. The highest BCUT2D eigenvalue weighted by Crippen LogP contribution is 2.35. The minimum atomic E-state index is -3.05. The Morgan fingerprint density at radius 1 is 1.16 bits per heavy atom. The molecule has 1 aliphatic rings. The van der Waals surface area contributed by atoms with Crippen molar-refractivity contribution in [3.8, 4) is 11.3 Å². The van der Waals surface area contributed by atoms with Gasteiger partial charge < -0.3 is 15.1 Å². The van der Waals surface area contributed by atoms with Crippen LogP contribution in [0.5, 0.6) is 0 Å². The molecule has 4 heterocycles. The fourth-order valence-electron chi connectivity index (χ4n) is 3.58. The van der Waals surface area contributed by atoms with E-state index in [0.717, 1.165) is 31.8 Å². The Hall–Kier alpha value is -3.62. The fourth-order valence-corrected chi connectivity index (χ4v) is 3.58. The first-order chi connectivity index (χ1) is 15.2. The quantitative estimate of drug-likeness (QED) is 0.601. The Morgan fingerprint density at radius 2 is 1.97 bits per heavy atom. The lowest BCUT2D eigenvalue weighted by atomic mass is 10.1. The topological polar surface area (TPSA) is 57.2 Å². The lowest BCUT2D eigenvalue weighted by Crippen LogP contribution is -2.28. The summed E-state index contributed by atoms with van der Waals surface area (Å²) in [7, 11) is 1.96. The van der Waals surface area contributed by atoms with Crippen molar-refractivity contribution in [2.24, 2.45) is 0 Å². The molecular formula is C23H23F3N6. The average molecular weight is 440 g/mol. The van der Waals surface area contributed by atoms with Crippen LogP contribution < -0.4 is 15.1 Å². The van der Waals surface area contributed by atoms with Gasteiger partial charge in [-0.25, -0.2) is 9.37 Å². The van der Waals surface area contributed by atoms with E-state index in [9.17, 15) is 13.2 Å². The number of rotatable bonds is 5. The first-order valence-corrected chi connectivity index (χ1v) is 10.1. The molecule has 32 heavy (non-hydrogen) atoms. The normalized spacial score (nSPS) is 14.0.